The summed E-state index contributed by atoms with van der Waals surface area (Å²) < 4.78 is 64.1. The van der Waals surface area contributed by atoms with E-state index in [2.05, 4.69) is 0 Å². The third-order valence-corrected chi connectivity index (χ3v) is 1.90. The first kappa shape index (κ1) is 3.17. The second-order valence-electron chi connectivity index (χ2n) is 2.81. The molecule has 1 aromatic rings. The maximum absolute atomic E-state index is 7.98. The van der Waals surface area contributed by atoms with Crippen LogP contribution in [0.15, 0.2) is 12.1 Å². The van der Waals surface area contributed by atoms with Crippen molar-refractivity contribution in [3.05, 3.63) is 23.2 Å². The zero-order valence-corrected chi connectivity index (χ0v) is 6.55. The maximum Gasteiger partial charge on any atom is 0.231 e. The minimum Gasteiger partial charge on any atom is -0.454 e. The number of ether oxygens (including phenoxy) is 2. The van der Waals surface area contributed by atoms with Crippen LogP contribution in [0.3, 0.4) is 0 Å². The molecule has 1 aliphatic carbocycles. The lowest BCUT2D eigenvalue weighted by atomic mass is 10.1. The van der Waals surface area contributed by atoms with Crippen LogP contribution in [0.5, 0.6) is 11.5 Å². The van der Waals surface area contributed by atoms with Crippen LogP contribution in [0.1, 0.15) is 20.7 Å². The Morgan fingerprint density at radius 1 is 1.38 bits per heavy atom. The lowest BCUT2D eigenvalue weighted by Gasteiger charge is -2.00. The quantitative estimate of drug-likeness (QED) is 0.650. The van der Waals surface area contributed by atoms with Gasteiger partial charge in [-0.15, -0.1) is 0 Å². The van der Waals surface area contributed by atoms with Crippen molar-refractivity contribution in [3.63, 3.8) is 0 Å². The first-order valence-corrected chi connectivity index (χ1v) is 3.76. The lowest BCUT2D eigenvalue weighted by molar-refractivity contribution is 0.174. The predicted molar refractivity (Wildman–Crippen MR) is 47.9 cm³/mol. The second kappa shape index (κ2) is 2.39. The summed E-state index contributed by atoms with van der Waals surface area (Å²) in [6.45, 7) is -2.49. The van der Waals surface area contributed by atoms with Crippen molar-refractivity contribution in [2.75, 3.05) is 6.75 Å². The number of rotatable bonds is 0. The van der Waals surface area contributed by atoms with Gasteiger partial charge < -0.3 is 15.2 Å². The van der Waals surface area contributed by atoms with Gasteiger partial charge in [-0.2, -0.15) is 0 Å². The van der Waals surface area contributed by atoms with Gasteiger partial charge in [0.1, 0.15) is 2.74 Å². The van der Waals surface area contributed by atoms with E-state index in [-0.39, 0.29) is 34.7 Å². The molecule has 1 heterocycles. The molecular formula is C10H11NO2. The zero-order valence-electron chi connectivity index (χ0n) is 13.5. The summed E-state index contributed by atoms with van der Waals surface area (Å²) in [6.07, 6.45) is -2.76. The summed E-state index contributed by atoms with van der Waals surface area (Å²) in [5.74, 6) is -0.554. The topological polar surface area (TPSA) is 44.5 Å². The van der Waals surface area contributed by atoms with Gasteiger partial charge in [0.25, 0.3) is 0 Å². The molecule has 0 amide bonds. The van der Waals surface area contributed by atoms with E-state index < -0.39 is 25.6 Å². The third-order valence-electron chi connectivity index (χ3n) is 1.90. The second-order valence-corrected chi connectivity index (χ2v) is 2.81. The maximum atomic E-state index is 7.98. The van der Waals surface area contributed by atoms with E-state index in [1.54, 1.807) is 0 Å². The Morgan fingerprint density at radius 3 is 2.46 bits per heavy atom. The van der Waals surface area contributed by atoms with Gasteiger partial charge in [0.05, 0.1) is 2.74 Å². The molecule has 1 aromatic carbocycles. The first-order valence-electron chi connectivity index (χ1n) is 7.41. The van der Waals surface area contributed by atoms with E-state index in [0.717, 1.165) is 0 Å². The molecule has 0 radical (unpaired) electrons. The monoisotopic (exact) mass is 184 g/mol. The van der Waals surface area contributed by atoms with Crippen molar-refractivity contribution in [3.8, 4) is 11.5 Å². The van der Waals surface area contributed by atoms with Gasteiger partial charge in [-0.1, -0.05) is 0 Å². The molecule has 13 heavy (non-hydrogen) atoms. The van der Waals surface area contributed by atoms with E-state index in [9.17, 15) is 0 Å². The van der Waals surface area contributed by atoms with E-state index in [1.807, 2.05) is 0 Å². The lowest BCUT2D eigenvalue weighted by Crippen LogP contribution is -2.19. The molecule has 2 aliphatic rings. The van der Waals surface area contributed by atoms with Gasteiger partial charge in [0.2, 0.25) is 6.75 Å². The molecule has 2 N–H and O–H groups in total. The van der Waals surface area contributed by atoms with Gasteiger partial charge in [-0.25, -0.2) is 0 Å². The van der Waals surface area contributed by atoms with Crippen molar-refractivity contribution < 1.29 is 19.1 Å². The van der Waals surface area contributed by atoms with Crippen molar-refractivity contribution in [2.24, 2.45) is 5.73 Å². The highest BCUT2D eigenvalue weighted by Crippen LogP contribution is 2.37. The van der Waals surface area contributed by atoms with Gasteiger partial charge in [-0.05, 0) is 36.0 Å². The molecule has 0 aromatic heterocycles. The molecule has 2 atom stereocenters. The standard InChI is InChI=1S/C10H11NO2/c11-8-1-6-3-9-10(13-5-12-9)4-7(6)2-8/h3-4,8H,1-2,5,11H2/i1D,2D,3D,4D,5D2,8D. The number of nitrogens with two attached hydrogens (primary N) is 1. The summed E-state index contributed by atoms with van der Waals surface area (Å²) in [7, 11) is 0. The molecule has 0 spiro atoms. The normalized spacial score (nSPS) is 51.9. The van der Waals surface area contributed by atoms with E-state index in [4.69, 9.17) is 24.8 Å². The number of hydrogen-bond acceptors (Lipinski definition) is 3. The Balaban J connectivity index is 2.30. The van der Waals surface area contributed by atoms with Crippen molar-refractivity contribution in [1.82, 2.24) is 0 Å². The molecule has 0 saturated carbocycles. The molecule has 0 fully saturated rings. The SMILES string of the molecule is [2H]c1c2c(c([2H])c3c1C([2H])C([2H])(N)C3[2H])OC([2H])([2H])O2. The Kier molecular flexibility index (Phi) is 0.582. The highest BCUT2D eigenvalue weighted by atomic mass is 16.7. The van der Waals surface area contributed by atoms with Crippen LogP contribution in [-0.4, -0.2) is 12.8 Å². The van der Waals surface area contributed by atoms with Crippen molar-refractivity contribution in [1.29, 1.82) is 0 Å². The van der Waals surface area contributed by atoms with Crippen LogP contribution in [0.2, 0.25) is 0 Å². The van der Waals surface area contributed by atoms with Gasteiger partial charge in [-0.3, -0.25) is 0 Å². The molecule has 3 rings (SSSR count). The Bertz CT molecular complexity index is 569. The molecule has 0 saturated heterocycles. The Hall–Kier alpha value is -1.22. The zero-order chi connectivity index (χ0) is 15.0. The molecule has 3 heteroatoms. The summed E-state index contributed by atoms with van der Waals surface area (Å²) in [6, 6.07) is -2.66. The van der Waals surface area contributed by atoms with E-state index in [1.165, 1.54) is 0 Å². The largest absolute Gasteiger partial charge is 0.454 e. The van der Waals surface area contributed by atoms with Crippen LogP contribution in [0, 0.1) is 0 Å². The van der Waals surface area contributed by atoms with Crippen LogP contribution in [-0.2, 0) is 12.8 Å². The Morgan fingerprint density at radius 2 is 1.92 bits per heavy atom. The molecule has 3 nitrogen and oxygen atoms in total. The van der Waals surface area contributed by atoms with Gasteiger partial charge in [0, 0.05) is 10.1 Å². The number of hydrogen-bond donors (Lipinski definition) is 1. The summed E-state index contributed by atoms with van der Waals surface area (Å²) in [4.78, 5) is 0. The fourth-order valence-corrected chi connectivity index (χ4v) is 1.34. The van der Waals surface area contributed by atoms with Gasteiger partial charge in [0.15, 0.2) is 11.5 Å². The number of fused-ring (bicyclic) bond motifs is 2. The summed E-state index contributed by atoms with van der Waals surface area (Å²) in [5, 5.41) is 0. The van der Waals surface area contributed by atoms with Crippen LogP contribution < -0.4 is 15.2 Å². The minimum absolute atomic E-state index is 0.0347. The van der Waals surface area contributed by atoms with Crippen molar-refractivity contribution in [2.45, 2.75) is 18.8 Å². The first-order chi connectivity index (χ1) is 9.08. The molecular weight excluding hydrogens is 166 g/mol. The fourth-order valence-electron chi connectivity index (χ4n) is 1.34. The van der Waals surface area contributed by atoms with Crippen LogP contribution in [0.4, 0.5) is 0 Å². The van der Waals surface area contributed by atoms with E-state index in [0.29, 0.717) is 0 Å². The average Bonchev–Trinajstić information content (AvgIpc) is 2.75. The molecule has 2 unspecified atom stereocenters. The highest BCUT2D eigenvalue weighted by Gasteiger charge is 2.23. The minimum atomic E-state index is -2.49. The van der Waals surface area contributed by atoms with Crippen molar-refractivity contribution >= 4 is 0 Å². The van der Waals surface area contributed by atoms with Crippen LogP contribution >= 0.6 is 0 Å². The van der Waals surface area contributed by atoms with Crippen LogP contribution in [0.25, 0.3) is 0 Å². The molecule has 1 aliphatic heterocycles. The average molecular weight is 184 g/mol. The third kappa shape index (κ3) is 1.00. The summed E-state index contributed by atoms with van der Waals surface area (Å²) in [5.41, 5.74) is 5.57. The Labute approximate surface area is 86.3 Å². The summed E-state index contributed by atoms with van der Waals surface area (Å²) >= 11 is 0. The molecule has 68 valence electrons. The fraction of sp³-hybridized carbons (Fsp3) is 0.400. The van der Waals surface area contributed by atoms with Gasteiger partial charge >= 0.3 is 0 Å². The van der Waals surface area contributed by atoms with E-state index >= 15 is 0 Å². The highest BCUT2D eigenvalue weighted by molar-refractivity contribution is 5.50. The number of benzene rings is 1. The predicted octanol–water partition coefficient (Wildman–Crippen LogP) is 0.841. The molecule has 0 bridgehead atoms. The smallest absolute Gasteiger partial charge is 0.231 e.